The minimum atomic E-state index is -0.935. The Hall–Kier alpha value is 62.8. The Morgan fingerprint density at radius 3 is 1.25 bits per heavy atom. The van der Waals surface area contributed by atoms with Crippen molar-refractivity contribution < 1.29 is 71.7 Å². The summed E-state index contributed by atoms with van der Waals surface area (Å²) in [5.41, 5.74) is 2.00. The molecule has 0 aliphatic carbocycles. The molecule has 0 aliphatic rings. The van der Waals surface area contributed by atoms with Crippen LogP contribution in [0.5, 0.6) is 0 Å². The SMILES string of the molecule is Cc1cc(F)c([N+](=O)[O-])cc1Nc1ncc(C(=O)OC(C)C)c(-n2cc(C)c3ccccc32)n1.[H-].[K+].[K][K].[K][K].[K][K].[K][K].[K][K].[K][K].[K][K].[K][K].[K][K].[K][K].[K][K].[K][K].[K][K].[K][K].[K][K].[K][K].[K][K].[K][K].[K][K].[K][K]. The first-order valence-corrected chi connectivity index (χ1v) is 351. The standard InChI is InChI=1S/C24H22FN5O4.41K.H/c1-13(2)34-23(31)17-11-26-24(27-19-10-21(30(32)33)18(25)9-14(19)3)28-22(17)29-12-15(4)16-7-5-6-8-20(16)29;;;;;;;;;;;;;;;;;;;;;;;;;;;;;;;;;;;;;;;;;;/h5-13H,1-4H3,(H,26,27,28);;;;;;;;;;;;;;;;;;;;;;;;;;;;;;;;;;;;;;;;;;/q;;;;;;;;;;;;;;;;;;;;;;;;;;;;;;;;;;;;;;;;;+1;-1. The number of carbonyl (C=O) groups is 1. The van der Waals surface area contributed by atoms with Crippen molar-refractivity contribution >= 4 is 1300 Å². The van der Waals surface area contributed by atoms with E-state index in [1.54, 1.807) is 25.3 Å². The summed E-state index contributed by atoms with van der Waals surface area (Å²) in [5, 5.41) is 15.1. The normalized spacial score (nSPS) is 7.17. The molecule has 2 aromatic heterocycles. The Bertz CT molecular complexity index is 1510. The van der Waals surface area contributed by atoms with Gasteiger partial charge in [0.1, 0.15) is 5.56 Å². The Morgan fingerprint density at radius 2 is 0.933 bits per heavy atom. The molecule has 0 aliphatic heterocycles. The molecule has 0 unspecified atom stereocenters. The van der Waals surface area contributed by atoms with Crippen LogP contribution in [0.2, 0.25) is 0 Å². The van der Waals surface area contributed by atoms with Crippen LogP contribution in [0, 0.1) is 29.8 Å². The first-order valence-electron chi connectivity index (χ1n) is 30.5. The van der Waals surface area contributed by atoms with Crippen LogP contribution in [0.1, 0.15) is 36.8 Å². The van der Waals surface area contributed by atoms with Crippen molar-refractivity contribution in [3.05, 3.63) is 81.4 Å². The number of fused-ring (bicyclic) bond motifs is 1. The number of aryl methyl sites for hydroxylation is 2. The molecule has 0 atom stereocenters. The Morgan fingerprint density at radius 1 is 0.600 bits per heavy atom. The molecule has 0 radical (unpaired) electrons. The second kappa shape index (κ2) is 185. The van der Waals surface area contributed by atoms with Crippen LogP contribution >= 0.6 is 0 Å². The first kappa shape index (κ1) is 180. The summed E-state index contributed by atoms with van der Waals surface area (Å²) in [6, 6.07) is 9.83. The topological polar surface area (TPSA) is 112 Å². The summed E-state index contributed by atoms with van der Waals surface area (Å²) in [6.07, 6.45) is 2.85. The predicted molar refractivity (Wildman–Crippen MR) is 356 cm³/mol. The number of halogens is 1. The number of hydrogen-bond acceptors (Lipinski definition) is 7. The fourth-order valence-electron chi connectivity index (χ4n) is 3.62. The summed E-state index contributed by atoms with van der Waals surface area (Å²) in [4.78, 5) is 31.9. The van der Waals surface area contributed by atoms with E-state index >= 15 is 0 Å². The quantitative estimate of drug-likeness (QED) is 0.0886. The van der Waals surface area contributed by atoms with E-state index in [1.807, 2.05) is 37.4 Å². The van der Waals surface area contributed by atoms with Gasteiger partial charge in [0.25, 0.3) is 0 Å². The van der Waals surface area contributed by atoms with E-state index in [1.165, 1.54) is 1270 Å². The van der Waals surface area contributed by atoms with Gasteiger partial charge in [0, 0.05) is 23.8 Å². The van der Waals surface area contributed by atoms with Gasteiger partial charge < -0.3 is 16.0 Å². The van der Waals surface area contributed by atoms with Crippen molar-refractivity contribution in [3.8, 4) is 5.82 Å². The molecular formula is C24H23FK41N5O4. The summed E-state index contributed by atoms with van der Waals surface area (Å²) < 4.78 is 21.1. The number of esters is 1. The number of aromatic nitrogens is 3. The number of benzene rings is 2. The van der Waals surface area contributed by atoms with Gasteiger partial charge in [0.2, 0.25) is 11.8 Å². The number of nitro groups is 1. The minimum absolute atomic E-state index is 0. The molecule has 2 heterocycles. The number of ether oxygens (including phenoxy) is 1. The van der Waals surface area contributed by atoms with E-state index in [0.29, 0.717) is 5.56 Å². The zero-order valence-corrected chi connectivity index (χ0v) is 188. The van der Waals surface area contributed by atoms with Crippen LogP contribution in [0.3, 0.4) is 0 Å². The van der Waals surface area contributed by atoms with Crippen molar-refractivity contribution in [2.75, 3.05) is 5.32 Å². The van der Waals surface area contributed by atoms with Gasteiger partial charge in [-0.05, 0) is 51.0 Å². The van der Waals surface area contributed by atoms with E-state index in [4.69, 9.17) is 4.74 Å². The Kier molecular flexibility index (Phi) is 443. The van der Waals surface area contributed by atoms with Crippen molar-refractivity contribution in [2.24, 2.45) is 0 Å². The van der Waals surface area contributed by atoms with Gasteiger partial charge in [0.15, 0.2) is 5.82 Å². The molecule has 2 aromatic carbocycles. The van der Waals surface area contributed by atoms with Gasteiger partial charge >= 0.3 is 1330 Å². The molecule has 4 aromatic rings. The van der Waals surface area contributed by atoms with E-state index in [9.17, 15) is 19.3 Å². The van der Waals surface area contributed by atoms with E-state index in [2.05, 4.69) is 15.3 Å². The number of nitrogens with one attached hydrogen (secondary N) is 1. The number of anilines is 2. The monoisotopic (exact) mass is 2060 g/mol. The van der Waals surface area contributed by atoms with Crippen LogP contribution in [0.4, 0.5) is 21.7 Å². The molecule has 9 nitrogen and oxygen atoms in total. The Balaban J connectivity index is -0.0000000386. The Labute approximate surface area is 1410 Å². The maximum atomic E-state index is 13.9. The first-order chi connectivity index (χ1) is 36.2. The molecule has 4 rings (SSSR count). The molecule has 0 saturated carbocycles. The van der Waals surface area contributed by atoms with Gasteiger partial charge in [-0.1, -0.05) is 18.2 Å². The third-order valence-corrected chi connectivity index (χ3v) is 5.21. The van der Waals surface area contributed by atoms with Crippen LogP contribution in [0.15, 0.2) is 48.8 Å². The molecule has 0 amide bonds. The van der Waals surface area contributed by atoms with Gasteiger partial charge in [-0.2, -0.15) is 9.37 Å². The van der Waals surface area contributed by atoms with Crippen molar-refractivity contribution in [1.29, 1.82) is 0 Å². The summed E-state index contributed by atoms with van der Waals surface area (Å²) in [6.45, 7) is 7.04. The molecular weight excluding hydrogens is 2040 g/mol. The molecule has 1 N–H and O–H groups in total. The predicted octanol–water partition coefficient (Wildman–Crippen LogP) is -12.7. The zero-order chi connectivity index (χ0) is 64.6. The number of hydrogen-bond donors (Lipinski definition) is 1. The van der Waals surface area contributed by atoms with Crippen LogP contribution in [-0.2, 0) is 4.74 Å². The average Bonchev–Trinajstić information content (AvgIpc) is 3.87. The summed E-state index contributed by atoms with van der Waals surface area (Å²) >= 11 is 50.0. The fraction of sp³-hybridized carbons (Fsp3) is 0.208. The van der Waals surface area contributed by atoms with Gasteiger partial charge in [-0.25, -0.2) is 9.78 Å². The van der Waals surface area contributed by atoms with E-state index in [0.717, 1.165) is 28.6 Å². The zero-order valence-electron chi connectivity index (χ0n) is 61.0. The van der Waals surface area contributed by atoms with Gasteiger partial charge in [-0.15, -0.1) is 0 Å². The van der Waals surface area contributed by atoms with E-state index in [-0.39, 0.29) is 81.9 Å². The number of nitrogens with zero attached hydrogens (tertiary/aromatic N) is 4. The summed E-state index contributed by atoms with van der Waals surface area (Å²) in [7, 11) is 0. The van der Waals surface area contributed by atoms with Crippen molar-refractivity contribution in [1.82, 2.24) is 14.5 Å². The van der Waals surface area contributed by atoms with Crippen molar-refractivity contribution in [3.63, 3.8) is 0 Å². The number of carbonyl (C=O) groups excluding carboxylic acids is 1. The summed E-state index contributed by atoms with van der Waals surface area (Å²) in [5.74, 6) is -1.16. The molecule has 0 saturated heterocycles. The molecule has 216 valence electrons. The van der Waals surface area contributed by atoms with Gasteiger partial charge in [-0.3, -0.25) is 10.1 Å². The molecule has 0 fully saturated rings. The molecule has 51 heteroatoms. The van der Waals surface area contributed by atoms with Crippen LogP contribution < -0.4 is 56.7 Å². The fourth-order valence-corrected chi connectivity index (χ4v) is 3.62. The van der Waals surface area contributed by atoms with Crippen molar-refractivity contribution in [2.45, 2.75) is 33.8 Å². The molecule has 75 heavy (non-hydrogen) atoms. The third kappa shape index (κ3) is 137. The number of para-hydroxylation sites is 1. The third-order valence-electron chi connectivity index (χ3n) is 5.21. The maximum absolute atomic E-state index is 13.9. The second-order valence-corrected chi connectivity index (χ2v) is 8.08. The van der Waals surface area contributed by atoms with Crippen LogP contribution in [0.25, 0.3) is 16.7 Å². The average molecular weight is 2070 g/mol. The second-order valence-electron chi connectivity index (χ2n) is 8.08. The number of rotatable bonds is 6. The molecule has 0 spiro atoms. The van der Waals surface area contributed by atoms with Crippen LogP contribution in [-0.4, -0.2) is 1290 Å². The molecule has 0 bridgehead atoms. The number of nitro benzene ring substituents is 1. The van der Waals surface area contributed by atoms with E-state index < -0.39 is 22.4 Å². The van der Waals surface area contributed by atoms with Gasteiger partial charge in [0.05, 0.1) is 22.2 Å².